The fourth-order valence-corrected chi connectivity index (χ4v) is 3.41. The number of amides is 1. The highest BCUT2D eigenvalue weighted by Crippen LogP contribution is 2.26. The molecule has 0 atom stereocenters. The summed E-state index contributed by atoms with van der Waals surface area (Å²) in [5.74, 6) is 0.613. The van der Waals surface area contributed by atoms with Crippen LogP contribution in [0, 0.1) is 0 Å². The van der Waals surface area contributed by atoms with E-state index >= 15 is 0 Å². The van der Waals surface area contributed by atoms with Gasteiger partial charge in [-0.3, -0.25) is 9.69 Å². The van der Waals surface area contributed by atoms with Crippen molar-refractivity contribution < 1.29 is 9.53 Å². The van der Waals surface area contributed by atoms with Crippen LogP contribution in [-0.2, 0) is 4.79 Å². The first-order valence-corrected chi connectivity index (χ1v) is 9.04. The molecule has 0 radical (unpaired) electrons. The van der Waals surface area contributed by atoms with Gasteiger partial charge in [0.2, 0.25) is 0 Å². The molecule has 0 saturated carbocycles. The fraction of sp³-hybridized carbons (Fsp3) is 0.0476. The zero-order chi connectivity index (χ0) is 19.0. The smallest absolute Gasteiger partial charge is 0.281 e. The van der Waals surface area contributed by atoms with Crippen molar-refractivity contribution >= 4 is 57.4 Å². The second-order valence-electron chi connectivity index (χ2n) is 6.08. The van der Waals surface area contributed by atoms with Crippen LogP contribution < -0.4 is 15.0 Å². The van der Waals surface area contributed by atoms with E-state index in [2.05, 4.69) is 5.32 Å². The number of nitrogens with one attached hydrogen (secondary N) is 1. The zero-order valence-corrected chi connectivity index (χ0v) is 16.0. The predicted octanol–water partition coefficient (Wildman–Crippen LogP) is 4.76. The Bertz CT molecular complexity index is 1090. The number of carbonyl (C=O) groups excluding carboxylic acids is 1. The lowest BCUT2D eigenvalue weighted by molar-refractivity contribution is -0.113. The molecule has 1 heterocycles. The van der Waals surface area contributed by atoms with E-state index in [1.54, 1.807) is 37.5 Å². The molecule has 1 aliphatic rings. The molecule has 6 heteroatoms. The van der Waals surface area contributed by atoms with Gasteiger partial charge in [0.1, 0.15) is 11.4 Å². The molecule has 0 aromatic heterocycles. The van der Waals surface area contributed by atoms with Gasteiger partial charge < -0.3 is 10.1 Å². The summed E-state index contributed by atoms with van der Waals surface area (Å²) < 4.78 is 5.25. The molecule has 4 rings (SSSR count). The Morgan fingerprint density at radius 3 is 2.48 bits per heavy atom. The Morgan fingerprint density at radius 2 is 1.74 bits per heavy atom. The molecule has 0 aliphatic carbocycles. The number of anilines is 1. The molecule has 1 aliphatic heterocycles. The molecule has 1 saturated heterocycles. The van der Waals surface area contributed by atoms with E-state index in [0.717, 1.165) is 22.1 Å². The molecule has 27 heavy (non-hydrogen) atoms. The topological polar surface area (TPSA) is 41.6 Å². The highest BCUT2D eigenvalue weighted by atomic mass is 35.5. The maximum Gasteiger partial charge on any atom is 0.281 e. The summed E-state index contributed by atoms with van der Waals surface area (Å²) in [5, 5.41) is 6.08. The average molecular weight is 395 g/mol. The number of ether oxygens (including phenoxy) is 1. The Morgan fingerprint density at radius 1 is 1.04 bits per heavy atom. The molecule has 4 nitrogen and oxygen atoms in total. The Labute approximate surface area is 167 Å². The minimum absolute atomic E-state index is 0.197. The van der Waals surface area contributed by atoms with Crippen molar-refractivity contribution in [3.05, 3.63) is 76.9 Å². The second-order valence-corrected chi connectivity index (χ2v) is 6.90. The summed E-state index contributed by atoms with van der Waals surface area (Å²) in [4.78, 5) is 14.3. The molecule has 0 unspecified atom stereocenters. The van der Waals surface area contributed by atoms with Gasteiger partial charge in [0, 0.05) is 5.02 Å². The van der Waals surface area contributed by atoms with E-state index in [1.165, 1.54) is 4.90 Å². The largest absolute Gasteiger partial charge is 0.497 e. The number of rotatable bonds is 3. The minimum Gasteiger partial charge on any atom is -0.497 e. The average Bonchev–Trinajstić information content (AvgIpc) is 2.95. The summed E-state index contributed by atoms with van der Waals surface area (Å²) >= 11 is 11.3. The van der Waals surface area contributed by atoms with Gasteiger partial charge >= 0.3 is 0 Å². The highest BCUT2D eigenvalue weighted by molar-refractivity contribution is 7.80. The van der Waals surface area contributed by atoms with Gasteiger partial charge in [0.05, 0.1) is 12.8 Å². The van der Waals surface area contributed by atoms with Gasteiger partial charge in [-0.1, -0.05) is 29.8 Å². The molecule has 0 spiro atoms. The van der Waals surface area contributed by atoms with Crippen molar-refractivity contribution in [2.24, 2.45) is 0 Å². The van der Waals surface area contributed by atoms with Crippen LogP contribution in [0.1, 0.15) is 5.56 Å². The number of hydrogen-bond donors (Lipinski definition) is 1. The van der Waals surface area contributed by atoms with Crippen LogP contribution in [0.25, 0.3) is 16.8 Å². The molecular formula is C21H15ClN2O2S. The Hall–Kier alpha value is -2.89. The number of thiocarbonyl (C=S) groups is 1. The van der Waals surface area contributed by atoms with Crippen molar-refractivity contribution in [2.75, 3.05) is 12.0 Å². The number of nitrogens with zero attached hydrogens (tertiary/aromatic N) is 1. The van der Waals surface area contributed by atoms with Gasteiger partial charge in [0.15, 0.2) is 5.11 Å². The molecule has 3 aromatic carbocycles. The van der Waals surface area contributed by atoms with Crippen LogP contribution in [0.2, 0.25) is 5.02 Å². The monoisotopic (exact) mass is 394 g/mol. The number of carbonyl (C=O) groups is 1. The van der Waals surface area contributed by atoms with Crippen LogP contribution in [0.4, 0.5) is 5.69 Å². The molecule has 134 valence electrons. The lowest BCUT2D eigenvalue weighted by Crippen LogP contribution is -2.30. The van der Waals surface area contributed by atoms with E-state index < -0.39 is 0 Å². The first-order chi connectivity index (χ1) is 13.0. The van der Waals surface area contributed by atoms with Gasteiger partial charge in [-0.05, 0) is 77.1 Å². The van der Waals surface area contributed by atoms with Crippen molar-refractivity contribution in [1.29, 1.82) is 0 Å². The quantitative estimate of drug-likeness (QED) is 0.513. The van der Waals surface area contributed by atoms with Gasteiger partial charge in [0.25, 0.3) is 5.91 Å². The summed E-state index contributed by atoms with van der Waals surface area (Å²) in [6.07, 6.45) is 1.80. The van der Waals surface area contributed by atoms with E-state index in [1.807, 2.05) is 36.4 Å². The van der Waals surface area contributed by atoms with E-state index in [0.29, 0.717) is 21.5 Å². The van der Waals surface area contributed by atoms with Crippen molar-refractivity contribution in [3.8, 4) is 5.75 Å². The second kappa shape index (κ2) is 7.02. The van der Waals surface area contributed by atoms with Gasteiger partial charge in [-0.25, -0.2) is 0 Å². The van der Waals surface area contributed by atoms with Crippen molar-refractivity contribution in [1.82, 2.24) is 5.32 Å². The number of halogens is 1. The molecular weight excluding hydrogens is 380 g/mol. The predicted molar refractivity (Wildman–Crippen MR) is 113 cm³/mol. The minimum atomic E-state index is -0.197. The standard InChI is InChI=1S/C21H15ClN2O2S/c1-26-18-9-4-14-10-13(2-3-15(14)12-18)11-19-20(25)24(21(27)23-19)17-7-5-16(22)6-8-17/h2-12H,1H3,(H,23,27)/b19-11-. The SMILES string of the molecule is COc1ccc2cc(/C=C3\NC(=S)N(c4ccc(Cl)cc4)C3=O)ccc2c1. The van der Waals surface area contributed by atoms with Crippen molar-refractivity contribution in [3.63, 3.8) is 0 Å². The lowest BCUT2D eigenvalue weighted by Gasteiger charge is -2.13. The number of fused-ring (bicyclic) bond motifs is 1. The summed E-state index contributed by atoms with van der Waals surface area (Å²) in [7, 11) is 1.65. The fourth-order valence-electron chi connectivity index (χ4n) is 2.99. The maximum atomic E-state index is 12.8. The Balaban J connectivity index is 1.66. The number of hydrogen-bond acceptors (Lipinski definition) is 3. The van der Waals surface area contributed by atoms with Crippen LogP contribution >= 0.6 is 23.8 Å². The van der Waals surface area contributed by atoms with Crippen LogP contribution in [0.15, 0.2) is 66.4 Å². The zero-order valence-electron chi connectivity index (χ0n) is 14.4. The summed E-state index contributed by atoms with van der Waals surface area (Å²) in [5.41, 5.74) is 2.02. The normalized spacial score (nSPS) is 15.5. The lowest BCUT2D eigenvalue weighted by atomic mass is 10.1. The number of benzene rings is 3. The molecule has 1 N–H and O–H groups in total. The third-order valence-electron chi connectivity index (χ3n) is 4.35. The molecule has 1 amide bonds. The third kappa shape index (κ3) is 3.39. The third-order valence-corrected chi connectivity index (χ3v) is 4.88. The first kappa shape index (κ1) is 17.5. The number of methoxy groups -OCH3 is 1. The molecule has 1 fully saturated rings. The van der Waals surface area contributed by atoms with Gasteiger partial charge in [-0.2, -0.15) is 0 Å². The maximum absolute atomic E-state index is 12.8. The van der Waals surface area contributed by atoms with Crippen LogP contribution in [0.5, 0.6) is 5.75 Å². The Kier molecular flexibility index (Phi) is 4.56. The molecule has 0 bridgehead atoms. The molecule has 3 aromatic rings. The van der Waals surface area contributed by atoms with Crippen LogP contribution in [-0.4, -0.2) is 18.1 Å². The summed E-state index contributed by atoms with van der Waals surface area (Å²) in [6.45, 7) is 0. The van der Waals surface area contributed by atoms with Crippen molar-refractivity contribution in [2.45, 2.75) is 0 Å². The van der Waals surface area contributed by atoms with E-state index in [4.69, 9.17) is 28.6 Å². The van der Waals surface area contributed by atoms with Gasteiger partial charge in [-0.15, -0.1) is 0 Å². The first-order valence-electron chi connectivity index (χ1n) is 8.26. The summed E-state index contributed by atoms with van der Waals surface area (Å²) in [6, 6.07) is 18.8. The van der Waals surface area contributed by atoms with E-state index in [9.17, 15) is 4.79 Å². The highest BCUT2D eigenvalue weighted by Gasteiger charge is 2.31. The van der Waals surface area contributed by atoms with Crippen LogP contribution in [0.3, 0.4) is 0 Å². The van der Waals surface area contributed by atoms with E-state index in [-0.39, 0.29) is 5.91 Å².